The molecular weight excluding hydrogens is 242 g/mol. The van der Waals surface area contributed by atoms with E-state index in [1.807, 2.05) is 18.2 Å². The Morgan fingerprint density at radius 1 is 1.08 bits per heavy atom. The Hall–Kier alpha value is -0.324. The van der Waals surface area contributed by atoms with Crippen LogP contribution in [-0.4, -0.2) is 28.0 Å². The summed E-state index contributed by atoms with van der Waals surface area (Å²) in [6.07, 6.45) is 1.63. The van der Waals surface area contributed by atoms with Crippen molar-refractivity contribution in [1.29, 1.82) is 0 Å². The number of rotatable bonds is 0. The molecule has 0 spiro atoms. The van der Waals surface area contributed by atoms with E-state index in [1.165, 1.54) is 6.07 Å². The third kappa shape index (κ3) is 2.56. The molecule has 0 N–H and O–H groups in total. The fourth-order valence-electron chi connectivity index (χ4n) is 1.08. The molecule has 62 valence electrons. The van der Waals surface area contributed by atoms with Gasteiger partial charge in [0.1, 0.15) is 0 Å². The van der Waals surface area contributed by atoms with Crippen LogP contribution in [0.4, 0.5) is 0 Å². The predicted octanol–water partition coefficient (Wildman–Crippen LogP) is -2.07. The summed E-state index contributed by atoms with van der Waals surface area (Å²) in [6, 6.07) is 8.84. The standard InChI is InChI=1S/C9H7NO.BrH.Mg/c11-8-5-1-3-7-4-2-6-10-9(7)8;;/h1-6,11H;1H;/q;;+2/p-2. The van der Waals surface area contributed by atoms with E-state index in [-0.39, 0.29) is 45.8 Å². The number of benzene rings is 1. The average molecular weight is 248 g/mol. The zero-order valence-electron chi connectivity index (χ0n) is 6.90. The van der Waals surface area contributed by atoms with Crippen molar-refractivity contribution in [2.24, 2.45) is 0 Å². The first kappa shape index (κ1) is 12.7. The maximum atomic E-state index is 11.1. The molecule has 0 saturated heterocycles. The van der Waals surface area contributed by atoms with Crippen molar-refractivity contribution in [2.75, 3.05) is 0 Å². The van der Waals surface area contributed by atoms with Crippen LogP contribution in [0.15, 0.2) is 36.5 Å². The number of pyridine rings is 1. The van der Waals surface area contributed by atoms with Gasteiger partial charge in [-0.05, 0) is 11.5 Å². The molecule has 0 amide bonds. The minimum absolute atomic E-state index is 0. The van der Waals surface area contributed by atoms with Crippen LogP contribution in [0.3, 0.4) is 0 Å². The molecule has 0 saturated carbocycles. The van der Waals surface area contributed by atoms with Crippen LogP contribution in [0, 0.1) is 0 Å². The Bertz CT molecular complexity index is 389. The maximum Gasteiger partial charge on any atom is 2.00 e. The topological polar surface area (TPSA) is 36.0 Å². The fraction of sp³-hybridized carbons (Fsp3) is 0. The second kappa shape index (κ2) is 5.42. The van der Waals surface area contributed by atoms with Gasteiger partial charge in [0.2, 0.25) is 0 Å². The Balaban J connectivity index is 0.000000720. The van der Waals surface area contributed by atoms with Crippen molar-refractivity contribution in [3.63, 3.8) is 0 Å². The van der Waals surface area contributed by atoms with E-state index < -0.39 is 0 Å². The predicted molar refractivity (Wildman–Crippen MR) is 46.9 cm³/mol. The van der Waals surface area contributed by atoms with Crippen LogP contribution in [0.2, 0.25) is 0 Å². The molecule has 0 aliphatic heterocycles. The molecule has 2 nitrogen and oxygen atoms in total. The van der Waals surface area contributed by atoms with Crippen molar-refractivity contribution in [3.05, 3.63) is 36.5 Å². The fourth-order valence-corrected chi connectivity index (χ4v) is 1.08. The van der Waals surface area contributed by atoms with Crippen LogP contribution in [0.5, 0.6) is 5.75 Å². The Kier molecular flexibility index (Phi) is 5.28. The van der Waals surface area contributed by atoms with Gasteiger partial charge in [-0.15, -0.1) is 0 Å². The maximum absolute atomic E-state index is 11.1. The van der Waals surface area contributed by atoms with Gasteiger partial charge in [0.05, 0.1) is 5.52 Å². The normalized spacial score (nSPS) is 8.62. The molecule has 2 rings (SSSR count). The van der Waals surface area contributed by atoms with Crippen LogP contribution in [0.25, 0.3) is 10.9 Å². The van der Waals surface area contributed by atoms with Crippen molar-refractivity contribution in [2.45, 2.75) is 0 Å². The number of para-hydroxylation sites is 1. The van der Waals surface area contributed by atoms with Gasteiger partial charge in [-0.25, -0.2) is 0 Å². The number of aromatic nitrogens is 1. The monoisotopic (exact) mass is 247 g/mol. The molecule has 0 aliphatic carbocycles. The van der Waals surface area contributed by atoms with Gasteiger partial charge < -0.3 is 22.1 Å². The van der Waals surface area contributed by atoms with Gasteiger partial charge in [-0.2, -0.15) is 0 Å². The van der Waals surface area contributed by atoms with E-state index in [2.05, 4.69) is 4.98 Å². The molecule has 1 aromatic heterocycles. The van der Waals surface area contributed by atoms with Gasteiger partial charge in [-0.3, -0.25) is 4.98 Å². The largest absolute Gasteiger partial charge is 2.00 e. The molecule has 0 unspecified atom stereocenters. The first-order valence-corrected chi connectivity index (χ1v) is 3.39. The molecule has 1 aromatic carbocycles. The minimum Gasteiger partial charge on any atom is -1.00 e. The van der Waals surface area contributed by atoms with Crippen LogP contribution < -0.4 is 22.1 Å². The summed E-state index contributed by atoms with van der Waals surface area (Å²) in [7, 11) is 0. The van der Waals surface area contributed by atoms with E-state index in [4.69, 9.17) is 0 Å². The molecule has 1 heterocycles. The number of hydrogen-bond acceptors (Lipinski definition) is 2. The van der Waals surface area contributed by atoms with Gasteiger partial charge in [0.25, 0.3) is 0 Å². The van der Waals surface area contributed by atoms with Gasteiger partial charge in [0.15, 0.2) is 0 Å². The molecule has 13 heavy (non-hydrogen) atoms. The zero-order chi connectivity index (χ0) is 7.68. The SMILES string of the molecule is [Br-].[Mg+2].[O-]c1cccc2cccnc12. The summed E-state index contributed by atoms with van der Waals surface area (Å²) in [5, 5.41) is 12.0. The van der Waals surface area contributed by atoms with Crippen molar-refractivity contribution in [1.82, 2.24) is 4.98 Å². The second-order valence-electron chi connectivity index (χ2n) is 2.33. The zero-order valence-corrected chi connectivity index (χ0v) is 9.90. The van der Waals surface area contributed by atoms with Crippen molar-refractivity contribution < 1.29 is 22.1 Å². The van der Waals surface area contributed by atoms with E-state index in [0.29, 0.717) is 5.52 Å². The van der Waals surface area contributed by atoms with E-state index in [9.17, 15) is 5.11 Å². The van der Waals surface area contributed by atoms with E-state index >= 15 is 0 Å². The summed E-state index contributed by atoms with van der Waals surface area (Å²) < 4.78 is 0. The van der Waals surface area contributed by atoms with E-state index in [1.54, 1.807) is 12.3 Å². The van der Waals surface area contributed by atoms with Gasteiger partial charge in [-0.1, -0.05) is 30.0 Å². The Labute approximate surface area is 103 Å². The van der Waals surface area contributed by atoms with Gasteiger partial charge >= 0.3 is 23.1 Å². The molecule has 0 radical (unpaired) electrons. The Morgan fingerprint density at radius 3 is 2.46 bits per heavy atom. The minimum atomic E-state index is -0.0110. The first-order chi connectivity index (χ1) is 5.38. The number of hydrogen-bond donors (Lipinski definition) is 0. The number of halogens is 1. The van der Waals surface area contributed by atoms with Crippen LogP contribution >= 0.6 is 0 Å². The summed E-state index contributed by atoms with van der Waals surface area (Å²) >= 11 is 0. The number of nitrogens with zero attached hydrogens (tertiary/aromatic N) is 1. The second-order valence-corrected chi connectivity index (χ2v) is 2.33. The van der Waals surface area contributed by atoms with Gasteiger partial charge in [0, 0.05) is 6.20 Å². The molecule has 0 fully saturated rings. The molecule has 0 aliphatic rings. The number of fused-ring (bicyclic) bond motifs is 1. The molecule has 4 heteroatoms. The smallest absolute Gasteiger partial charge is 1.00 e. The summed E-state index contributed by atoms with van der Waals surface area (Å²) in [4.78, 5) is 3.97. The third-order valence-electron chi connectivity index (χ3n) is 1.60. The summed E-state index contributed by atoms with van der Waals surface area (Å²) in [6.45, 7) is 0. The summed E-state index contributed by atoms with van der Waals surface area (Å²) in [5.74, 6) is -0.0110. The summed E-state index contributed by atoms with van der Waals surface area (Å²) in [5.41, 5.74) is 0.551. The molecular formula is C9H6BrMgNO. The quantitative estimate of drug-likeness (QED) is 0.502. The van der Waals surface area contributed by atoms with Crippen molar-refractivity contribution >= 4 is 34.0 Å². The third-order valence-corrected chi connectivity index (χ3v) is 1.60. The molecule has 0 bridgehead atoms. The molecule has 2 aromatic rings. The van der Waals surface area contributed by atoms with Crippen molar-refractivity contribution in [3.8, 4) is 5.75 Å². The first-order valence-electron chi connectivity index (χ1n) is 3.39. The van der Waals surface area contributed by atoms with E-state index in [0.717, 1.165) is 5.39 Å². The Morgan fingerprint density at radius 2 is 1.77 bits per heavy atom. The van der Waals surface area contributed by atoms with Crippen LogP contribution in [-0.2, 0) is 0 Å². The average Bonchev–Trinajstić information content (AvgIpc) is 2.06. The molecule has 0 atom stereocenters. The van der Waals surface area contributed by atoms with Crippen LogP contribution in [0.1, 0.15) is 0 Å².